The highest BCUT2D eigenvalue weighted by molar-refractivity contribution is 5.99. The van der Waals surface area contributed by atoms with Crippen LogP contribution in [0.3, 0.4) is 0 Å². The van der Waals surface area contributed by atoms with Gasteiger partial charge < -0.3 is 15.0 Å². The zero-order chi connectivity index (χ0) is 25.3. The Morgan fingerprint density at radius 2 is 1.64 bits per heavy atom. The van der Waals surface area contributed by atoms with E-state index in [-0.39, 0.29) is 11.7 Å². The predicted molar refractivity (Wildman–Crippen MR) is 144 cm³/mol. The molecule has 188 valence electrons. The molecule has 5 heteroatoms. The molecule has 0 aliphatic carbocycles. The van der Waals surface area contributed by atoms with Crippen LogP contribution in [0, 0.1) is 5.92 Å². The lowest BCUT2D eigenvalue weighted by Gasteiger charge is -2.33. The molecule has 1 heterocycles. The van der Waals surface area contributed by atoms with Gasteiger partial charge in [-0.2, -0.15) is 0 Å². The van der Waals surface area contributed by atoms with E-state index in [4.69, 9.17) is 4.74 Å². The maximum Gasteiger partial charge on any atom is 0.253 e. The molecular formula is C31H36N2O3. The van der Waals surface area contributed by atoms with Gasteiger partial charge in [-0.25, -0.2) is 0 Å². The summed E-state index contributed by atoms with van der Waals surface area (Å²) in [4.78, 5) is 28.8. The van der Waals surface area contributed by atoms with Gasteiger partial charge in [-0.1, -0.05) is 62.4 Å². The predicted octanol–water partition coefficient (Wildman–Crippen LogP) is 6.17. The summed E-state index contributed by atoms with van der Waals surface area (Å²) in [5.74, 6) is 0.914. The van der Waals surface area contributed by atoms with E-state index in [2.05, 4.69) is 36.2 Å². The topological polar surface area (TPSA) is 58.6 Å². The lowest BCUT2D eigenvalue weighted by Crippen LogP contribution is -2.53. The second-order valence-corrected chi connectivity index (χ2v) is 9.85. The number of hydrogen-bond acceptors (Lipinski definition) is 4. The van der Waals surface area contributed by atoms with Crippen molar-refractivity contribution in [3.63, 3.8) is 0 Å². The molecule has 1 amide bonds. The van der Waals surface area contributed by atoms with Crippen molar-refractivity contribution in [1.82, 2.24) is 5.32 Å². The Morgan fingerprint density at radius 1 is 0.917 bits per heavy atom. The summed E-state index contributed by atoms with van der Waals surface area (Å²) in [5, 5.41) is 3.07. The second kappa shape index (κ2) is 12.4. The van der Waals surface area contributed by atoms with Crippen LogP contribution in [0.4, 0.5) is 5.69 Å². The van der Waals surface area contributed by atoms with Gasteiger partial charge in [-0.05, 0) is 73.1 Å². The molecule has 0 radical (unpaired) electrons. The van der Waals surface area contributed by atoms with Gasteiger partial charge in [-0.3, -0.25) is 9.59 Å². The Balaban J connectivity index is 1.49. The molecule has 5 nitrogen and oxygen atoms in total. The smallest absolute Gasteiger partial charge is 0.253 e. The summed E-state index contributed by atoms with van der Waals surface area (Å²) in [6.07, 6.45) is 3.58. The van der Waals surface area contributed by atoms with Crippen molar-refractivity contribution in [3.8, 4) is 5.75 Å². The van der Waals surface area contributed by atoms with E-state index in [0.29, 0.717) is 30.3 Å². The third-order valence-electron chi connectivity index (χ3n) is 6.61. The normalized spacial score (nSPS) is 14.0. The van der Waals surface area contributed by atoms with Gasteiger partial charge in [0.2, 0.25) is 0 Å². The van der Waals surface area contributed by atoms with Crippen molar-refractivity contribution in [2.45, 2.75) is 58.7 Å². The van der Waals surface area contributed by atoms with E-state index >= 15 is 0 Å². The number of hydrogen-bond donors (Lipinski definition) is 1. The van der Waals surface area contributed by atoms with Crippen LogP contribution in [0.15, 0.2) is 78.9 Å². The first-order valence-corrected chi connectivity index (χ1v) is 13.0. The number of anilines is 1. The second-order valence-electron chi connectivity index (χ2n) is 9.85. The van der Waals surface area contributed by atoms with Gasteiger partial charge in [0.15, 0.2) is 11.9 Å². The number of fused-ring (bicyclic) bond motifs is 1. The first-order valence-electron chi connectivity index (χ1n) is 13.0. The highest BCUT2D eigenvalue weighted by atomic mass is 16.5. The molecule has 1 unspecified atom stereocenters. The minimum Gasteiger partial charge on any atom is -0.489 e. The number of Topliss-reactive ketones (excluding diaryl/α,β-unsaturated/α-hetero) is 1. The molecule has 4 rings (SSSR count). The largest absolute Gasteiger partial charge is 0.489 e. The van der Waals surface area contributed by atoms with Crippen molar-refractivity contribution in [3.05, 3.63) is 95.6 Å². The number of amides is 1. The lowest BCUT2D eigenvalue weighted by atomic mass is 10.0. The standard InChI is InChI=1S/C31H36N2O3/c1-23(2)15-20-29(34)30(33-21-9-8-13-25-12-6-7-14-28(25)33)32-31(35)26-16-18-27(19-17-26)36-22-24-10-4-3-5-11-24/h3-7,10-12,14,16-19,23,30H,8-9,13,15,20-22H2,1-2H3,(H,32,35). The number of rotatable bonds is 10. The summed E-state index contributed by atoms with van der Waals surface area (Å²) in [5.41, 5.74) is 3.86. The van der Waals surface area contributed by atoms with E-state index in [1.54, 1.807) is 24.3 Å². The third kappa shape index (κ3) is 6.75. The number of ketones is 1. The molecule has 0 aromatic heterocycles. The van der Waals surface area contributed by atoms with Crippen LogP contribution in [0.1, 0.15) is 61.0 Å². The molecule has 1 aliphatic rings. The zero-order valence-corrected chi connectivity index (χ0v) is 21.3. The molecule has 0 saturated carbocycles. The van der Waals surface area contributed by atoms with Gasteiger partial charge in [0.25, 0.3) is 5.91 Å². The van der Waals surface area contributed by atoms with Crippen LogP contribution in [0.5, 0.6) is 5.75 Å². The first kappa shape index (κ1) is 25.5. The van der Waals surface area contributed by atoms with E-state index in [9.17, 15) is 9.59 Å². The molecule has 0 fully saturated rings. The molecule has 0 spiro atoms. The van der Waals surface area contributed by atoms with Gasteiger partial charge in [0, 0.05) is 24.2 Å². The number of ether oxygens (including phenoxy) is 1. The van der Waals surface area contributed by atoms with Crippen molar-refractivity contribution in [2.75, 3.05) is 11.4 Å². The molecule has 0 bridgehead atoms. The molecule has 3 aromatic rings. The molecule has 1 aliphatic heterocycles. The van der Waals surface area contributed by atoms with Crippen LogP contribution in [-0.2, 0) is 17.8 Å². The van der Waals surface area contributed by atoms with Gasteiger partial charge in [0.1, 0.15) is 12.4 Å². The zero-order valence-electron chi connectivity index (χ0n) is 21.3. The summed E-state index contributed by atoms with van der Waals surface area (Å²) in [7, 11) is 0. The summed E-state index contributed by atoms with van der Waals surface area (Å²) < 4.78 is 5.85. The maximum absolute atomic E-state index is 13.4. The number of para-hydroxylation sites is 1. The minimum absolute atomic E-state index is 0.0524. The molecule has 3 aromatic carbocycles. The Morgan fingerprint density at radius 3 is 2.39 bits per heavy atom. The Bertz CT molecular complexity index is 1140. The number of benzene rings is 3. The quantitative estimate of drug-likeness (QED) is 0.374. The highest BCUT2D eigenvalue weighted by Gasteiger charge is 2.30. The van der Waals surface area contributed by atoms with E-state index < -0.39 is 6.17 Å². The Kier molecular flexibility index (Phi) is 8.77. The van der Waals surface area contributed by atoms with Gasteiger partial charge >= 0.3 is 0 Å². The number of nitrogens with one attached hydrogen (secondary N) is 1. The van der Waals surface area contributed by atoms with Crippen LogP contribution in [-0.4, -0.2) is 24.4 Å². The fourth-order valence-corrected chi connectivity index (χ4v) is 4.54. The van der Waals surface area contributed by atoms with Crippen LogP contribution < -0.4 is 15.0 Å². The minimum atomic E-state index is -0.690. The number of carbonyl (C=O) groups excluding carboxylic acids is 2. The van der Waals surface area contributed by atoms with Crippen molar-refractivity contribution >= 4 is 17.4 Å². The van der Waals surface area contributed by atoms with Crippen LogP contribution in [0.2, 0.25) is 0 Å². The number of aryl methyl sites for hydroxylation is 1. The molecule has 1 atom stereocenters. The summed E-state index contributed by atoms with van der Waals surface area (Å²) in [6, 6.07) is 25.3. The monoisotopic (exact) mass is 484 g/mol. The summed E-state index contributed by atoms with van der Waals surface area (Å²) >= 11 is 0. The number of nitrogens with zero attached hydrogens (tertiary/aromatic N) is 1. The maximum atomic E-state index is 13.4. The van der Waals surface area contributed by atoms with E-state index in [1.807, 2.05) is 42.5 Å². The average molecular weight is 485 g/mol. The van der Waals surface area contributed by atoms with E-state index in [1.165, 1.54) is 5.56 Å². The number of carbonyl (C=O) groups is 2. The fourth-order valence-electron chi connectivity index (χ4n) is 4.54. The van der Waals surface area contributed by atoms with Crippen LogP contribution >= 0.6 is 0 Å². The molecule has 1 N–H and O–H groups in total. The first-order chi connectivity index (χ1) is 17.5. The molecular weight excluding hydrogens is 448 g/mol. The van der Waals surface area contributed by atoms with Crippen LogP contribution in [0.25, 0.3) is 0 Å². The fraction of sp³-hybridized carbons (Fsp3) is 0.355. The lowest BCUT2D eigenvalue weighted by molar-refractivity contribution is -0.121. The Hall–Kier alpha value is -3.60. The van der Waals surface area contributed by atoms with Crippen molar-refractivity contribution < 1.29 is 14.3 Å². The molecule has 36 heavy (non-hydrogen) atoms. The van der Waals surface area contributed by atoms with Gasteiger partial charge in [-0.15, -0.1) is 0 Å². The van der Waals surface area contributed by atoms with Crippen molar-refractivity contribution in [2.24, 2.45) is 5.92 Å². The summed E-state index contributed by atoms with van der Waals surface area (Å²) in [6.45, 7) is 5.43. The van der Waals surface area contributed by atoms with E-state index in [0.717, 1.165) is 43.5 Å². The highest BCUT2D eigenvalue weighted by Crippen LogP contribution is 2.28. The van der Waals surface area contributed by atoms with Gasteiger partial charge in [0.05, 0.1) is 0 Å². The molecule has 0 saturated heterocycles. The Labute approximate surface area is 214 Å². The SMILES string of the molecule is CC(C)CCC(=O)C(NC(=O)c1ccc(OCc2ccccc2)cc1)N1CCCCc2ccccc21. The third-order valence-corrected chi connectivity index (χ3v) is 6.61. The van der Waals surface area contributed by atoms with Crippen molar-refractivity contribution in [1.29, 1.82) is 0 Å². The average Bonchev–Trinajstić information content (AvgIpc) is 3.12.